The van der Waals surface area contributed by atoms with Crippen molar-refractivity contribution in [3.05, 3.63) is 23.2 Å². The molecule has 6 nitrogen and oxygen atoms in total. The van der Waals surface area contributed by atoms with Crippen LogP contribution in [0, 0.1) is 5.92 Å². The predicted octanol–water partition coefficient (Wildman–Crippen LogP) is 3.16. The molecule has 7 heteroatoms. The molecule has 0 unspecified atom stereocenters. The Morgan fingerprint density at radius 1 is 1.48 bits per heavy atom. The van der Waals surface area contributed by atoms with Crippen LogP contribution in [0.25, 0.3) is 11.0 Å². The lowest BCUT2D eigenvalue weighted by Crippen LogP contribution is -2.33. The van der Waals surface area contributed by atoms with Gasteiger partial charge in [-0.15, -0.1) is 0 Å². The number of amides is 1. The summed E-state index contributed by atoms with van der Waals surface area (Å²) in [5.74, 6) is 0.981. The SMILES string of the molecule is CC[C@@H](CC(=O)NCC1CCOCC1)n1c(N)nc2cc(Cl)ccc21. The van der Waals surface area contributed by atoms with Gasteiger partial charge in [0.2, 0.25) is 11.9 Å². The van der Waals surface area contributed by atoms with Gasteiger partial charge in [-0.25, -0.2) is 4.98 Å². The number of aromatic nitrogens is 2. The number of carbonyl (C=O) groups is 1. The first-order chi connectivity index (χ1) is 12.1. The Morgan fingerprint density at radius 2 is 2.24 bits per heavy atom. The van der Waals surface area contributed by atoms with E-state index in [1.54, 1.807) is 6.07 Å². The molecule has 3 N–H and O–H groups in total. The van der Waals surface area contributed by atoms with Crippen LogP contribution in [0.1, 0.15) is 38.6 Å². The molecule has 1 atom stereocenters. The molecule has 0 radical (unpaired) electrons. The second-order valence-electron chi connectivity index (χ2n) is 6.60. The number of halogens is 1. The van der Waals surface area contributed by atoms with Gasteiger partial charge < -0.3 is 20.4 Å². The van der Waals surface area contributed by atoms with E-state index in [2.05, 4.69) is 17.2 Å². The summed E-state index contributed by atoms with van der Waals surface area (Å²) < 4.78 is 7.30. The van der Waals surface area contributed by atoms with Crippen LogP contribution in [0.2, 0.25) is 5.02 Å². The molecular weight excluding hydrogens is 340 g/mol. The highest BCUT2D eigenvalue weighted by molar-refractivity contribution is 6.31. The number of fused-ring (bicyclic) bond motifs is 1. The molecule has 0 bridgehead atoms. The fraction of sp³-hybridized carbons (Fsp3) is 0.556. The maximum absolute atomic E-state index is 12.4. The van der Waals surface area contributed by atoms with Crippen LogP contribution in [-0.2, 0) is 9.53 Å². The number of hydrogen-bond donors (Lipinski definition) is 2. The molecule has 2 aromatic rings. The van der Waals surface area contributed by atoms with Crippen molar-refractivity contribution < 1.29 is 9.53 Å². The number of benzene rings is 1. The number of nitrogens with one attached hydrogen (secondary N) is 1. The number of imidazole rings is 1. The average Bonchev–Trinajstić information content (AvgIpc) is 2.93. The fourth-order valence-electron chi connectivity index (χ4n) is 3.39. The second kappa shape index (κ2) is 8.06. The molecule has 0 spiro atoms. The third kappa shape index (κ3) is 4.25. The van der Waals surface area contributed by atoms with Crippen molar-refractivity contribution in [3.8, 4) is 0 Å². The standard InChI is InChI=1S/C18H25ClN4O2/c1-2-14(10-17(24)21-11-12-5-7-25-8-6-12)23-16-4-3-13(19)9-15(16)22-18(23)20/h3-4,9,12,14H,2,5-8,10-11H2,1H3,(H2,20,22)(H,21,24)/t14-/m0/s1. The van der Waals surface area contributed by atoms with Crippen LogP contribution in [0.4, 0.5) is 5.95 Å². The van der Waals surface area contributed by atoms with Gasteiger partial charge in [-0.1, -0.05) is 18.5 Å². The first-order valence-electron chi connectivity index (χ1n) is 8.86. The maximum Gasteiger partial charge on any atom is 0.222 e. The summed E-state index contributed by atoms with van der Waals surface area (Å²) in [5, 5.41) is 3.69. The van der Waals surface area contributed by atoms with E-state index in [0.717, 1.165) is 43.5 Å². The Bertz CT molecular complexity index is 740. The first-order valence-corrected chi connectivity index (χ1v) is 9.23. The van der Waals surface area contributed by atoms with E-state index in [-0.39, 0.29) is 11.9 Å². The van der Waals surface area contributed by atoms with E-state index in [0.29, 0.717) is 29.9 Å². The number of nitrogens with zero attached hydrogens (tertiary/aromatic N) is 2. The third-order valence-corrected chi connectivity index (χ3v) is 5.10. The third-order valence-electron chi connectivity index (χ3n) is 4.87. The van der Waals surface area contributed by atoms with E-state index in [1.165, 1.54) is 0 Å². The molecular formula is C18H25ClN4O2. The predicted molar refractivity (Wildman–Crippen MR) is 99.7 cm³/mol. The van der Waals surface area contributed by atoms with Crippen LogP contribution >= 0.6 is 11.6 Å². The molecule has 1 aromatic heterocycles. The van der Waals surface area contributed by atoms with E-state index < -0.39 is 0 Å². The zero-order valence-corrected chi connectivity index (χ0v) is 15.3. The summed E-state index contributed by atoms with van der Waals surface area (Å²) in [6, 6.07) is 5.49. The molecule has 0 saturated carbocycles. The number of nitrogen functional groups attached to an aromatic ring is 1. The van der Waals surface area contributed by atoms with Gasteiger partial charge in [0.25, 0.3) is 0 Å². The van der Waals surface area contributed by atoms with Gasteiger partial charge in [-0.05, 0) is 43.4 Å². The summed E-state index contributed by atoms with van der Waals surface area (Å²) in [4.78, 5) is 16.8. The minimum absolute atomic E-state index is 0.0270. The fourth-order valence-corrected chi connectivity index (χ4v) is 3.55. The van der Waals surface area contributed by atoms with Crippen LogP contribution in [0.5, 0.6) is 0 Å². The number of nitrogens with two attached hydrogens (primary N) is 1. The lowest BCUT2D eigenvalue weighted by atomic mass is 10.0. The van der Waals surface area contributed by atoms with E-state index in [4.69, 9.17) is 22.1 Å². The zero-order valence-electron chi connectivity index (χ0n) is 14.5. The highest BCUT2D eigenvalue weighted by atomic mass is 35.5. The average molecular weight is 365 g/mol. The van der Waals surface area contributed by atoms with E-state index in [9.17, 15) is 4.79 Å². The van der Waals surface area contributed by atoms with Crippen LogP contribution in [0.3, 0.4) is 0 Å². The normalized spacial score (nSPS) is 16.9. The minimum Gasteiger partial charge on any atom is -0.381 e. The van der Waals surface area contributed by atoms with Gasteiger partial charge >= 0.3 is 0 Å². The van der Waals surface area contributed by atoms with Crippen LogP contribution in [-0.4, -0.2) is 35.2 Å². The Hall–Kier alpha value is -1.79. The zero-order chi connectivity index (χ0) is 17.8. The molecule has 1 aromatic carbocycles. The highest BCUT2D eigenvalue weighted by Crippen LogP contribution is 2.28. The van der Waals surface area contributed by atoms with Crippen molar-refractivity contribution in [2.24, 2.45) is 5.92 Å². The summed E-state index contributed by atoms with van der Waals surface area (Å²) in [5.41, 5.74) is 7.77. The maximum atomic E-state index is 12.4. The molecule has 1 aliphatic rings. The topological polar surface area (TPSA) is 82.2 Å². The summed E-state index contributed by atoms with van der Waals surface area (Å²) >= 11 is 6.03. The van der Waals surface area contributed by atoms with Crippen molar-refractivity contribution in [1.82, 2.24) is 14.9 Å². The summed E-state index contributed by atoms with van der Waals surface area (Å²) in [6.07, 6.45) is 3.20. The molecule has 1 saturated heterocycles. The Morgan fingerprint density at radius 3 is 2.96 bits per heavy atom. The largest absolute Gasteiger partial charge is 0.381 e. The van der Waals surface area contributed by atoms with Crippen molar-refractivity contribution in [1.29, 1.82) is 0 Å². The molecule has 1 aliphatic heterocycles. The monoisotopic (exact) mass is 364 g/mol. The Kier molecular flexibility index (Phi) is 5.81. The lowest BCUT2D eigenvalue weighted by molar-refractivity contribution is -0.122. The molecule has 136 valence electrons. The quantitative estimate of drug-likeness (QED) is 0.824. The smallest absolute Gasteiger partial charge is 0.222 e. The first kappa shape index (κ1) is 18.0. The number of carbonyl (C=O) groups excluding carboxylic acids is 1. The van der Waals surface area contributed by atoms with E-state index in [1.807, 2.05) is 16.7 Å². The summed E-state index contributed by atoms with van der Waals surface area (Å²) in [7, 11) is 0. The molecule has 25 heavy (non-hydrogen) atoms. The second-order valence-corrected chi connectivity index (χ2v) is 7.04. The lowest BCUT2D eigenvalue weighted by Gasteiger charge is -2.23. The van der Waals surface area contributed by atoms with Gasteiger partial charge in [-0.2, -0.15) is 0 Å². The number of hydrogen-bond acceptors (Lipinski definition) is 4. The molecule has 1 fully saturated rings. The molecule has 1 amide bonds. The minimum atomic E-state index is -0.0270. The highest BCUT2D eigenvalue weighted by Gasteiger charge is 2.21. The van der Waals surface area contributed by atoms with E-state index >= 15 is 0 Å². The van der Waals surface area contributed by atoms with Gasteiger partial charge in [0, 0.05) is 37.2 Å². The molecule has 0 aliphatic carbocycles. The Balaban J connectivity index is 1.67. The van der Waals surface area contributed by atoms with Gasteiger partial charge in [0.15, 0.2) is 0 Å². The van der Waals surface area contributed by atoms with Crippen molar-refractivity contribution in [3.63, 3.8) is 0 Å². The van der Waals surface area contributed by atoms with Gasteiger partial charge in [0.1, 0.15) is 0 Å². The molecule has 3 rings (SSSR count). The number of ether oxygens (including phenoxy) is 1. The number of anilines is 1. The molecule has 2 heterocycles. The van der Waals surface area contributed by atoms with Crippen molar-refractivity contribution >= 4 is 34.5 Å². The Labute approximate surface area is 152 Å². The van der Waals surface area contributed by atoms with Gasteiger partial charge in [-0.3, -0.25) is 4.79 Å². The van der Waals surface area contributed by atoms with Crippen LogP contribution < -0.4 is 11.1 Å². The number of rotatable bonds is 6. The van der Waals surface area contributed by atoms with Crippen molar-refractivity contribution in [2.75, 3.05) is 25.5 Å². The van der Waals surface area contributed by atoms with Crippen molar-refractivity contribution in [2.45, 2.75) is 38.6 Å². The summed E-state index contributed by atoms with van der Waals surface area (Å²) in [6.45, 7) is 4.35. The van der Waals surface area contributed by atoms with Crippen LogP contribution in [0.15, 0.2) is 18.2 Å². The van der Waals surface area contributed by atoms with Gasteiger partial charge in [0.05, 0.1) is 11.0 Å².